The lowest BCUT2D eigenvalue weighted by Gasteiger charge is -2.06. The molecule has 0 unspecified atom stereocenters. The standard InChI is InChI=1S/C7H10ClN3S/c1-3(2)6-10-5(8)4(9)7(12)11-6/h3H,9H2,1-2H3,(H,10,11,12). The van der Waals surface area contributed by atoms with Gasteiger partial charge in [-0.25, -0.2) is 4.98 Å². The Hall–Kier alpha value is -0.610. The van der Waals surface area contributed by atoms with E-state index in [1.54, 1.807) is 0 Å². The number of halogens is 1. The van der Waals surface area contributed by atoms with Gasteiger partial charge >= 0.3 is 0 Å². The highest BCUT2D eigenvalue weighted by atomic mass is 35.5. The fraction of sp³-hybridized carbons (Fsp3) is 0.429. The second kappa shape index (κ2) is 3.41. The second-order valence-corrected chi connectivity index (χ2v) is 3.57. The maximum atomic E-state index is 5.78. The van der Waals surface area contributed by atoms with Gasteiger partial charge in [-0.15, -0.1) is 0 Å². The highest BCUT2D eigenvalue weighted by Gasteiger charge is 2.05. The number of nitrogen functional groups attached to an aromatic ring is 1. The number of anilines is 1. The highest BCUT2D eigenvalue weighted by molar-refractivity contribution is 7.71. The summed E-state index contributed by atoms with van der Waals surface area (Å²) in [4.78, 5) is 6.96. The van der Waals surface area contributed by atoms with E-state index in [1.165, 1.54) is 0 Å². The molecule has 1 rings (SSSR count). The van der Waals surface area contributed by atoms with Gasteiger partial charge in [0.15, 0.2) is 4.64 Å². The number of aromatic nitrogens is 2. The maximum Gasteiger partial charge on any atom is 0.154 e. The quantitative estimate of drug-likeness (QED) is 0.545. The van der Waals surface area contributed by atoms with E-state index in [-0.39, 0.29) is 5.92 Å². The van der Waals surface area contributed by atoms with Crippen LogP contribution in [0.2, 0.25) is 5.15 Å². The number of H-pyrrole nitrogens is 1. The van der Waals surface area contributed by atoms with Crippen molar-refractivity contribution < 1.29 is 0 Å². The van der Waals surface area contributed by atoms with E-state index >= 15 is 0 Å². The van der Waals surface area contributed by atoms with Crippen LogP contribution >= 0.6 is 23.8 Å². The monoisotopic (exact) mass is 203 g/mol. The highest BCUT2D eigenvalue weighted by Crippen LogP contribution is 2.18. The predicted molar refractivity (Wildman–Crippen MR) is 52.9 cm³/mol. The smallest absolute Gasteiger partial charge is 0.154 e. The number of aromatic amines is 1. The van der Waals surface area contributed by atoms with Crippen LogP contribution in [0.4, 0.5) is 5.69 Å². The van der Waals surface area contributed by atoms with Crippen molar-refractivity contribution in [2.75, 3.05) is 5.73 Å². The molecule has 0 bridgehead atoms. The van der Waals surface area contributed by atoms with Crippen LogP contribution in [-0.4, -0.2) is 9.97 Å². The van der Waals surface area contributed by atoms with Crippen LogP contribution in [0.1, 0.15) is 25.6 Å². The molecule has 0 aliphatic heterocycles. The van der Waals surface area contributed by atoms with Crippen LogP contribution in [-0.2, 0) is 0 Å². The van der Waals surface area contributed by atoms with E-state index < -0.39 is 0 Å². The molecule has 66 valence electrons. The largest absolute Gasteiger partial charge is 0.394 e. The topological polar surface area (TPSA) is 54.7 Å². The molecular weight excluding hydrogens is 194 g/mol. The Morgan fingerprint density at radius 2 is 2.17 bits per heavy atom. The van der Waals surface area contributed by atoms with Crippen molar-refractivity contribution in [3.8, 4) is 0 Å². The van der Waals surface area contributed by atoms with Crippen molar-refractivity contribution in [2.24, 2.45) is 0 Å². The second-order valence-electron chi connectivity index (χ2n) is 2.81. The molecule has 3 N–H and O–H groups in total. The summed E-state index contributed by atoms with van der Waals surface area (Å²) in [6.45, 7) is 4.00. The van der Waals surface area contributed by atoms with Crippen LogP contribution in [0.3, 0.4) is 0 Å². The molecule has 12 heavy (non-hydrogen) atoms. The number of nitrogens with two attached hydrogens (primary N) is 1. The molecule has 0 saturated carbocycles. The molecule has 0 radical (unpaired) electrons. The van der Waals surface area contributed by atoms with E-state index in [4.69, 9.17) is 29.6 Å². The Bertz CT molecular complexity index is 345. The first-order chi connectivity index (χ1) is 5.52. The van der Waals surface area contributed by atoms with Crippen LogP contribution in [0.5, 0.6) is 0 Å². The van der Waals surface area contributed by atoms with Crippen LogP contribution in [0, 0.1) is 4.64 Å². The van der Waals surface area contributed by atoms with Gasteiger partial charge in [-0.05, 0) is 0 Å². The summed E-state index contributed by atoms with van der Waals surface area (Å²) in [5.41, 5.74) is 5.86. The summed E-state index contributed by atoms with van der Waals surface area (Å²) in [6.07, 6.45) is 0. The summed E-state index contributed by atoms with van der Waals surface area (Å²) >= 11 is 10.7. The molecule has 0 atom stereocenters. The first-order valence-electron chi connectivity index (χ1n) is 3.57. The molecule has 0 aromatic carbocycles. The zero-order valence-electron chi connectivity index (χ0n) is 6.89. The molecule has 0 aliphatic carbocycles. The molecule has 1 aromatic heterocycles. The van der Waals surface area contributed by atoms with Gasteiger partial charge in [0.05, 0.1) is 0 Å². The molecule has 0 spiro atoms. The number of nitrogens with zero attached hydrogens (tertiary/aromatic N) is 1. The number of hydrogen-bond donors (Lipinski definition) is 2. The van der Waals surface area contributed by atoms with E-state index in [1.807, 2.05) is 13.8 Å². The molecule has 1 aromatic rings. The van der Waals surface area contributed by atoms with Gasteiger partial charge in [-0.3, -0.25) is 0 Å². The molecule has 1 heterocycles. The third-order valence-corrected chi connectivity index (χ3v) is 2.08. The van der Waals surface area contributed by atoms with E-state index in [2.05, 4.69) is 9.97 Å². The lowest BCUT2D eigenvalue weighted by molar-refractivity contribution is 0.772. The fourth-order valence-electron chi connectivity index (χ4n) is 0.745. The summed E-state index contributed by atoms with van der Waals surface area (Å²) in [6, 6.07) is 0. The Kier molecular flexibility index (Phi) is 2.69. The molecule has 0 saturated heterocycles. The summed E-state index contributed by atoms with van der Waals surface area (Å²) in [7, 11) is 0. The van der Waals surface area contributed by atoms with Gasteiger partial charge in [0.2, 0.25) is 0 Å². The average molecular weight is 204 g/mol. The molecule has 0 aliphatic rings. The SMILES string of the molecule is CC(C)c1nc(=S)c(N)c(Cl)[nH]1. The van der Waals surface area contributed by atoms with Crippen molar-refractivity contribution in [1.29, 1.82) is 0 Å². The summed E-state index contributed by atoms with van der Waals surface area (Å²) in [5, 5.41) is 0.374. The summed E-state index contributed by atoms with van der Waals surface area (Å²) in [5.74, 6) is 1.03. The van der Waals surface area contributed by atoms with Crippen LogP contribution in [0.25, 0.3) is 0 Å². The van der Waals surface area contributed by atoms with Gasteiger partial charge in [0, 0.05) is 5.92 Å². The Morgan fingerprint density at radius 3 is 2.58 bits per heavy atom. The van der Waals surface area contributed by atoms with Gasteiger partial charge in [0.25, 0.3) is 0 Å². The molecule has 0 amide bonds. The van der Waals surface area contributed by atoms with Crippen molar-refractivity contribution in [3.05, 3.63) is 15.6 Å². The lowest BCUT2D eigenvalue weighted by atomic mass is 10.2. The van der Waals surface area contributed by atoms with E-state index in [9.17, 15) is 0 Å². The minimum atomic E-state index is 0.268. The number of nitrogens with one attached hydrogen (secondary N) is 1. The van der Waals surface area contributed by atoms with Gasteiger partial charge in [-0.2, -0.15) is 0 Å². The molecule has 3 nitrogen and oxygen atoms in total. The van der Waals surface area contributed by atoms with Crippen LogP contribution in [0.15, 0.2) is 0 Å². The third kappa shape index (κ3) is 1.76. The molecule has 0 fully saturated rings. The molecule has 5 heteroatoms. The van der Waals surface area contributed by atoms with Gasteiger partial charge < -0.3 is 10.7 Å². The zero-order valence-corrected chi connectivity index (χ0v) is 8.46. The van der Waals surface area contributed by atoms with E-state index in [0.29, 0.717) is 15.5 Å². The third-order valence-electron chi connectivity index (χ3n) is 1.47. The Morgan fingerprint density at radius 1 is 1.58 bits per heavy atom. The minimum Gasteiger partial charge on any atom is -0.394 e. The van der Waals surface area contributed by atoms with Crippen LogP contribution < -0.4 is 5.73 Å². The van der Waals surface area contributed by atoms with Crippen molar-refractivity contribution >= 4 is 29.5 Å². The van der Waals surface area contributed by atoms with Crippen molar-refractivity contribution in [1.82, 2.24) is 9.97 Å². The van der Waals surface area contributed by atoms with Crippen molar-refractivity contribution in [2.45, 2.75) is 19.8 Å². The minimum absolute atomic E-state index is 0.268. The Balaban J connectivity index is 3.31. The van der Waals surface area contributed by atoms with Gasteiger partial charge in [0.1, 0.15) is 16.7 Å². The van der Waals surface area contributed by atoms with Crippen molar-refractivity contribution in [3.63, 3.8) is 0 Å². The average Bonchev–Trinajstić information content (AvgIpc) is 1.99. The predicted octanol–water partition coefficient (Wildman–Crippen LogP) is 2.50. The molecular formula is C7H10ClN3S. The van der Waals surface area contributed by atoms with E-state index in [0.717, 1.165) is 5.82 Å². The number of hydrogen-bond acceptors (Lipinski definition) is 3. The first kappa shape index (κ1) is 9.48. The van der Waals surface area contributed by atoms with Gasteiger partial charge in [-0.1, -0.05) is 37.7 Å². The normalized spacial score (nSPS) is 10.7. The number of rotatable bonds is 1. The summed E-state index contributed by atoms with van der Waals surface area (Å²) < 4.78 is 0.363. The fourth-order valence-corrected chi connectivity index (χ4v) is 1.19. The Labute approximate surface area is 81.0 Å². The first-order valence-corrected chi connectivity index (χ1v) is 4.36. The zero-order chi connectivity index (χ0) is 9.30. The maximum absolute atomic E-state index is 5.78. The lowest BCUT2D eigenvalue weighted by Crippen LogP contribution is -2.01.